The summed E-state index contributed by atoms with van der Waals surface area (Å²) in [7, 11) is -0.327. The van der Waals surface area contributed by atoms with Gasteiger partial charge in [-0.15, -0.1) is 0 Å². The zero-order valence-electron chi connectivity index (χ0n) is 26.3. The second-order valence-electron chi connectivity index (χ2n) is 13.3. The standard InChI is InChI=1S/C35H53BO3/c1-10-35(11-2,30-18-19-31(27(5)25-30)36-38-32(6,7)33(8,9)39-36)29-17-16-28(26(4)24-29)20-23-34(37-12-3)21-14-13-15-22-34/h16-19,24-25H,10-15,20-23H2,1-9H3. The van der Waals surface area contributed by atoms with Gasteiger partial charge < -0.3 is 14.0 Å². The molecule has 1 aliphatic carbocycles. The summed E-state index contributed by atoms with van der Waals surface area (Å²) in [6.07, 6.45) is 10.8. The Balaban J connectivity index is 1.58. The Morgan fingerprint density at radius 3 is 1.87 bits per heavy atom. The van der Waals surface area contributed by atoms with Crippen molar-refractivity contribution in [1.82, 2.24) is 0 Å². The van der Waals surface area contributed by atoms with E-state index in [1.165, 1.54) is 59.9 Å². The SMILES string of the molecule is CCOC1(CCc2ccc(C(CC)(CC)c3ccc(B4OC(C)(C)C(C)(C)O4)c(C)c3)cc2C)CCCCC1. The third-order valence-corrected chi connectivity index (χ3v) is 10.5. The second kappa shape index (κ2) is 11.7. The molecule has 0 radical (unpaired) electrons. The fourth-order valence-corrected chi connectivity index (χ4v) is 7.05. The third-order valence-electron chi connectivity index (χ3n) is 10.5. The number of ether oxygens (including phenoxy) is 1. The average molecular weight is 533 g/mol. The van der Waals surface area contributed by atoms with Gasteiger partial charge in [-0.2, -0.15) is 0 Å². The molecule has 1 saturated carbocycles. The fraction of sp³-hybridized carbons (Fsp3) is 0.657. The van der Waals surface area contributed by atoms with Crippen molar-refractivity contribution in [2.24, 2.45) is 0 Å². The van der Waals surface area contributed by atoms with Crippen molar-refractivity contribution in [3.8, 4) is 0 Å². The van der Waals surface area contributed by atoms with Gasteiger partial charge in [-0.1, -0.05) is 75.1 Å². The number of rotatable bonds is 10. The summed E-state index contributed by atoms with van der Waals surface area (Å²) in [6.45, 7) is 20.6. The average Bonchev–Trinajstić information content (AvgIpc) is 3.11. The molecule has 1 aliphatic heterocycles. The first kappa shape index (κ1) is 30.3. The Morgan fingerprint density at radius 2 is 1.36 bits per heavy atom. The normalized spacial score (nSPS) is 20.4. The first-order chi connectivity index (χ1) is 18.4. The molecule has 2 aromatic rings. The van der Waals surface area contributed by atoms with Gasteiger partial charge in [0.25, 0.3) is 0 Å². The highest BCUT2D eigenvalue weighted by molar-refractivity contribution is 6.62. The van der Waals surface area contributed by atoms with Crippen LogP contribution in [0.25, 0.3) is 0 Å². The maximum atomic E-state index is 6.38. The van der Waals surface area contributed by atoms with E-state index >= 15 is 0 Å². The zero-order chi connectivity index (χ0) is 28.5. The van der Waals surface area contributed by atoms with Crippen LogP contribution >= 0.6 is 0 Å². The van der Waals surface area contributed by atoms with E-state index in [0.717, 1.165) is 37.8 Å². The van der Waals surface area contributed by atoms with E-state index in [0.29, 0.717) is 0 Å². The molecular formula is C35H53BO3. The van der Waals surface area contributed by atoms with Crippen molar-refractivity contribution in [3.05, 3.63) is 64.2 Å². The molecule has 4 heteroatoms. The summed E-state index contributed by atoms with van der Waals surface area (Å²) in [5, 5.41) is 0. The molecule has 0 spiro atoms. The van der Waals surface area contributed by atoms with Crippen LogP contribution in [0.15, 0.2) is 36.4 Å². The molecule has 2 aliphatic rings. The van der Waals surface area contributed by atoms with Crippen LogP contribution in [-0.2, 0) is 25.9 Å². The lowest BCUT2D eigenvalue weighted by molar-refractivity contribution is -0.0700. The van der Waals surface area contributed by atoms with E-state index in [9.17, 15) is 0 Å². The van der Waals surface area contributed by atoms with Crippen LogP contribution in [0.4, 0.5) is 0 Å². The molecule has 1 saturated heterocycles. The van der Waals surface area contributed by atoms with Gasteiger partial charge in [-0.05, 0) is 115 Å². The lowest BCUT2D eigenvalue weighted by atomic mass is 9.67. The highest BCUT2D eigenvalue weighted by Crippen LogP contribution is 2.41. The van der Waals surface area contributed by atoms with Crippen LogP contribution in [-0.4, -0.2) is 30.5 Å². The van der Waals surface area contributed by atoms with Crippen LogP contribution in [0, 0.1) is 13.8 Å². The highest BCUT2D eigenvalue weighted by Gasteiger charge is 2.52. The predicted octanol–water partition coefficient (Wildman–Crippen LogP) is 8.38. The molecule has 4 rings (SSSR count). The van der Waals surface area contributed by atoms with Gasteiger partial charge >= 0.3 is 7.12 Å². The summed E-state index contributed by atoms with van der Waals surface area (Å²) in [6, 6.07) is 14.2. The Morgan fingerprint density at radius 1 is 0.795 bits per heavy atom. The fourth-order valence-electron chi connectivity index (χ4n) is 7.05. The number of benzene rings is 2. The predicted molar refractivity (Wildman–Crippen MR) is 165 cm³/mol. The maximum Gasteiger partial charge on any atom is 0.495 e. The Bertz CT molecular complexity index is 1100. The molecule has 1 heterocycles. The molecule has 39 heavy (non-hydrogen) atoms. The summed E-state index contributed by atoms with van der Waals surface area (Å²) in [5.41, 5.74) is 7.46. The Labute approximate surface area is 239 Å². The van der Waals surface area contributed by atoms with E-state index in [4.69, 9.17) is 14.0 Å². The largest absolute Gasteiger partial charge is 0.495 e. The summed E-state index contributed by atoms with van der Waals surface area (Å²) < 4.78 is 19.1. The van der Waals surface area contributed by atoms with Crippen LogP contribution in [0.1, 0.15) is 128 Å². The summed E-state index contributed by atoms with van der Waals surface area (Å²) in [5.74, 6) is 0. The number of aryl methyl sites for hydroxylation is 3. The molecular weight excluding hydrogens is 479 g/mol. The number of hydrogen-bond donors (Lipinski definition) is 0. The molecule has 0 bridgehead atoms. The minimum Gasteiger partial charge on any atom is -0.399 e. The van der Waals surface area contributed by atoms with Gasteiger partial charge in [0.1, 0.15) is 0 Å². The van der Waals surface area contributed by atoms with Gasteiger partial charge in [0.15, 0.2) is 0 Å². The Hall–Kier alpha value is -1.62. The van der Waals surface area contributed by atoms with Crippen LogP contribution < -0.4 is 5.46 Å². The van der Waals surface area contributed by atoms with Crippen LogP contribution in [0.2, 0.25) is 0 Å². The van der Waals surface area contributed by atoms with Gasteiger partial charge in [0.05, 0.1) is 16.8 Å². The van der Waals surface area contributed by atoms with E-state index in [-0.39, 0.29) is 29.3 Å². The molecule has 3 nitrogen and oxygen atoms in total. The first-order valence-corrected chi connectivity index (χ1v) is 15.6. The Kier molecular flexibility index (Phi) is 9.11. The van der Waals surface area contributed by atoms with Gasteiger partial charge in [0.2, 0.25) is 0 Å². The lowest BCUT2D eigenvalue weighted by Crippen LogP contribution is -2.41. The van der Waals surface area contributed by atoms with Gasteiger partial charge in [-0.3, -0.25) is 0 Å². The second-order valence-corrected chi connectivity index (χ2v) is 13.3. The van der Waals surface area contributed by atoms with E-state index in [1.807, 2.05) is 0 Å². The van der Waals surface area contributed by atoms with E-state index in [2.05, 4.69) is 98.7 Å². The molecule has 2 fully saturated rings. The van der Waals surface area contributed by atoms with Crippen molar-refractivity contribution >= 4 is 12.6 Å². The zero-order valence-corrected chi connectivity index (χ0v) is 26.3. The number of hydrogen-bond acceptors (Lipinski definition) is 3. The van der Waals surface area contributed by atoms with Crippen molar-refractivity contribution in [2.45, 2.75) is 142 Å². The van der Waals surface area contributed by atoms with E-state index in [1.54, 1.807) is 0 Å². The summed E-state index contributed by atoms with van der Waals surface area (Å²) in [4.78, 5) is 0. The lowest BCUT2D eigenvalue weighted by Gasteiger charge is -2.37. The van der Waals surface area contributed by atoms with Gasteiger partial charge in [-0.25, -0.2) is 0 Å². The molecule has 0 aromatic heterocycles. The summed E-state index contributed by atoms with van der Waals surface area (Å²) >= 11 is 0. The van der Waals surface area contributed by atoms with Crippen molar-refractivity contribution in [2.75, 3.05) is 6.61 Å². The maximum absolute atomic E-state index is 6.38. The first-order valence-electron chi connectivity index (χ1n) is 15.6. The minimum atomic E-state index is -0.335. The van der Waals surface area contributed by atoms with Crippen LogP contribution in [0.3, 0.4) is 0 Å². The van der Waals surface area contributed by atoms with E-state index < -0.39 is 0 Å². The third kappa shape index (κ3) is 5.90. The minimum absolute atomic E-state index is 0.0155. The smallest absolute Gasteiger partial charge is 0.399 e. The molecule has 0 N–H and O–H groups in total. The molecule has 2 aromatic carbocycles. The molecule has 214 valence electrons. The van der Waals surface area contributed by atoms with Crippen molar-refractivity contribution in [3.63, 3.8) is 0 Å². The van der Waals surface area contributed by atoms with Crippen molar-refractivity contribution in [1.29, 1.82) is 0 Å². The monoisotopic (exact) mass is 532 g/mol. The topological polar surface area (TPSA) is 27.7 Å². The molecule has 0 unspecified atom stereocenters. The molecule has 0 atom stereocenters. The van der Waals surface area contributed by atoms with Crippen LogP contribution in [0.5, 0.6) is 0 Å². The van der Waals surface area contributed by atoms with Gasteiger partial charge in [0, 0.05) is 12.0 Å². The quantitative estimate of drug-likeness (QED) is 0.288. The van der Waals surface area contributed by atoms with Crippen molar-refractivity contribution < 1.29 is 14.0 Å². The molecule has 0 amide bonds. The highest BCUT2D eigenvalue weighted by atomic mass is 16.7.